The van der Waals surface area contributed by atoms with Crippen molar-refractivity contribution in [2.45, 2.75) is 0 Å². The van der Waals surface area contributed by atoms with Crippen LogP contribution in [0, 0.1) is 11.6 Å². The van der Waals surface area contributed by atoms with Crippen molar-refractivity contribution in [3.05, 3.63) is 29.3 Å². The lowest BCUT2D eigenvalue weighted by molar-refractivity contribution is 0.0690. The maximum Gasteiger partial charge on any atom is 0.338 e. The van der Waals surface area contributed by atoms with E-state index >= 15 is 0 Å². The molecule has 0 radical (unpaired) electrons. The van der Waals surface area contributed by atoms with Gasteiger partial charge in [-0.25, -0.2) is 9.18 Å². The molecule has 0 spiro atoms. The molecule has 0 fully saturated rings. The molecule has 12 heavy (non-hydrogen) atoms. The van der Waals surface area contributed by atoms with Gasteiger partial charge in [-0.1, -0.05) is 0 Å². The largest absolute Gasteiger partial charge is 0.505 e. The summed E-state index contributed by atoms with van der Waals surface area (Å²) in [5.74, 6) is -5.58. The summed E-state index contributed by atoms with van der Waals surface area (Å²) in [6.07, 6.45) is 0. The van der Waals surface area contributed by atoms with Gasteiger partial charge in [-0.3, -0.25) is 0 Å². The second kappa shape index (κ2) is 2.77. The van der Waals surface area contributed by atoms with Crippen LogP contribution in [-0.2, 0) is 0 Å². The van der Waals surface area contributed by atoms with Gasteiger partial charge < -0.3 is 10.2 Å². The topological polar surface area (TPSA) is 57.5 Å². The summed E-state index contributed by atoms with van der Waals surface area (Å²) in [6, 6.07) is 1.57. The van der Waals surface area contributed by atoms with E-state index in [2.05, 4.69) is 0 Å². The van der Waals surface area contributed by atoms with Crippen molar-refractivity contribution >= 4 is 5.97 Å². The smallest absolute Gasteiger partial charge is 0.338 e. The van der Waals surface area contributed by atoms with Crippen LogP contribution in [0.2, 0.25) is 0 Å². The molecule has 1 aromatic carbocycles. The maximum atomic E-state index is 12.6. The average molecular weight is 174 g/mol. The summed E-state index contributed by atoms with van der Waals surface area (Å²) in [7, 11) is 0. The normalized spacial score (nSPS) is 9.83. The zero-order valence-electron chi connectivity index (χ0n) is 5.71. The van der Waals surface area contributed by atoms with E-state index in [0.717, 1.165) is 12.1 Å². The second-order valence-electron chi connectivity index (χ2n) is 2.07. The fraction of sp³-hybridized carbons (Fsp3) is 0. The molecule has 2 N–H and O–H groups in total. The molecule has 5 heteroatoms. The van der Waals surface area contributed by atoms with Gasteiger partial charge >= 0.3 is 5.97 Å². The number of benzene rings is 1. The first-order chi connectivity index (χ1) is 5.54. The van der Waals surface area contributed by atoms with Gasteiger partial charge in [0.1, 0.15) is 0 Å². The van der Waals surface area contributed by atoms with E-state index < -0.39 is 28.9 Å². The number of halogens is 2. The fourth-order valence-corrected chi connectivity index (χ4v) is 0.704. The van der Waals surface area contributed by atoms with E-state index in [4.69, 9.17) is 10.2 Å². The molecule has 0 saturated heterocycles. The molecule has 0 amide bonds. The highest BCUT2D eigenvalue weighted by atomic mass is 19.2. The van der Waals surface area contributed by atoms with E-state index in [1.807, 2.05) is 0 Å². The van der Waals surface area contributed by atoms with Crippen molar-refractivity contribution < 1.29 is 23.8 Å². The summed E-state index contributed by atoms with van der Waals surface area (Å²) >= 11 is 0. The Kier molecular flexibility index (Phi) is 1.95. The Balaban J connectivity index is 3.36. The molecular weight excluding hydrogens is 170 g/mol. The van der Waals surface area contributed by atoms with E-state index in [0.29, 0.717) is 0 Å². The molecule has 3 nitrogen and oxygen atoms in total. The number of hydrogen-bond acceptors (Lipinski definition) is 2. The fourth-order valence-electron chi connectivity index (χ4n) is 0.704. The van der Waals surface area contributed by atoms with Crippen molar-refractivity contribution in [3.8, 4) is 5.75 Å². The molecule has 1 rings (SSSR count). The summed E-state index contributed by atoms with van der Waals surface area (Å²) in [5, 5.41) is 16.9. The number of aromatic carboxylic acids is 1. The first-order valence-electron chi connectivity index (χ1n) is 2.94. The summed E-state index contributed by atoms with van der Waals surface area (Å²) < 4.78 is 25.1. The lowest BCUT2D eigenvalue weighted by Crippen LogP contribution is -2.02. The van der Waals surface area contributed by atoms with Crippen LogP contribution in [0.25, 0.3) is 0 Å². The number of hydrogen-bond donors (Lipinski definition) is 2. The van der Waals surface area contributed by atoms with Crippen LogP contribution in [0.15, 0.2) is 12.1 Å². The third-order valence-corrected chi connectivity index (χ3v) is 1.29. The van der Waals surface area contributed by atoms with Gasteiger partial charge in [-0.15, -0.1) is 0 Å². The monoisotopic (exact) mass is 174 g/mol. The lowest BCUT2D eigenvalue weighted by Gasteiger charge is -1.99. The molecule has 0 unspecified atom stereocenters. The molecule has 0 aliphatic carbocycles. The first kappa shape index (κ1) is 8.45. The van der Waals surface area contributed by atoms with Gasteiger partial charge in [0.15, 0.2) is 11.6 Å². The van der Waals surface area contributed by atoms with Crippen LogP contribution in [-0.4, -0.2) is 16.2 Å². The number of carbonyl (C=O) groups is 1. The maximum absolute atomic E-state index is 12.6. The van der Waals surface area contributed by atoms with E-state index in [1.165, 1.54) is 0 Å². The highest BCUT2D eigenvalue weighted by Gasteiger charge is 2.16. The van der Waals surface area contributed by atoms with E-state index in [1.54, 1.807) is 0 Å². The van der Waals surface area contributed by atoms with Crippen molar-refractivity contribution in [1.29, 1.82) is 0 Å². The Morgan fingerprint density at radius 1 is 1.25 bits per heavy atom. The van der Waals surface area contributed by atoms with Crippen LogP contribution < -0.4 is 0 Å². The highest BCUT2D eigenvalue weighted by Crippen LogP contribution is 2.20. The second-order valence-corrected chi connectivity index (χ2v) is 2.07. The highest BCUT2D eigenvalue weighted by molar-refractivity contribution is 5.88. The van der Waals surface area contributed by atoms with Gasteiger partial charge in [-0.05, 0) is 12.1 Å². The van der Waals surface area contributed by atoms with Crippen LogP contribution in [0.4, 0.5) is 8.78 Å². The SMILES string of the molecule is O=C(O)c1ccc(O)c(F)c1F. The number of carboxylic acid groups (broad SMARTS) is 1. The standard InChI is InChI=1S/C7H4F2O3/c8-5-3(7(11)12)1-2-4(10)6(5)9/h1-2,10H,(H,11,12). The Bertz CT molecular complexity index is 336. The molecule has 0 aliphatic rings. The van der Waals surface area contributed by atoms with Crippen LogP contribution >= 0.6 is 0 Å². The minimum absolute atomic E-state index is 0.780. The lowest BCUT2D eigenvalue weighted by atomic mass is 10.2. The first-order valence-corrected chi connectivity index (χ1v) is 2.94. The van der Waals surface area contributed by atoms with E-state index in [9.17, 15) is 13.6 Å². The van der Waals surface area contributed by atoms with Gasteiger partial charge in [0, 0.05) is 0 Å². The minimum Gasteiger partial charge on any atom is -0.505 e. The number of phenols is 1. The van der Waals surface area contributed by atoms with Crippen molar-refractivity contribution in [3.63, 3.8) is 0 Å². The molecule has 0 aliphatic heterocycles. The Morgan fingerprint density at radius 2 is 1.83 bits per heavy atom. The third kappa shape index (κ3) is 1.20. The van der Waals surface area contributed by atoms with E-state index in [-0.39, 0.29) is 0 Å². The zero-order chi connectivity index (χ0) is 9.30. The van der Waals surface area contributed by atoms with Crippen LogP contribution in [0.1, 0.15) is 10.4 Å². The molecular formula is C7H4F2O3. The molecule has 64 valence electrons. The molecule has 0 saturated carbocycles. The predicted octanol–water partition coefficient (Wildman–Crippen LogP) is 1.37. The number of carboxylic acids is 1. The summed E-state index contributed by atoms with van der Waals surface area (Å²) in [6.45, 7) is 0. The van der Waals surface area contributed by atoms with Gasteiger partial charge in [0.25, 0.3) is 0 Å². The number of rotatable bonds is 1. The summed E-state index contributed by atoms with van der Waals surface area (Å²) in [4.78, 5) is 10.2. The van der Waals surface area contributed by atoms with Crippen molar-refractivity contribution in [2.24, 2.45) is 0 Å². The molecule has 0 atom stereocenters. The Labute approximate surface area is 65.9 Å². The van der Waals surface area contributed by atoms with Crippen LogP contribution in [0.3, 0.4) is 0 Å². The van der Waals surface area contributed by atoms with Gasteiger partial charge in [-0.2, -0.15) is 4.39 Å². The third-order valence-electron chi connectivity index (χ3n) is 1.29. The Morgan fingerprint density at radius 3 is 2.33 bits per heavy atom. The molecule has 0 heterocycles. The number of phenolic OH excluding ortho intramolecular Hbond substituents is 1. The molecule has 1 aromatic rings. The van der Waals surface area contributed by atoms with Crippen molar-refractivity contribution in [1.82, 2.24) is 0 Å². The average Bonchev–Trinajstić information content (AvgIpc) is 2.00. The van der Waals surface area contributed by atoms with Crippen molar-refractivity contribution in [2.75, 3.05) is 0 Å². The quantitative estimate of drug-likeness (QED) is 0.675. The van der Waals surface area contributed by atoms with Gasteiger partial charge in [0.05, 0.1) is 5.56 Å². The predicted molar refractivity (Wildman–Crippen MR) is 35.0 cm³/mol. The number of aromatic hydroxyl groups is 1. The summed E-state index contributed by atoms with van der Waals surface area (Å²) in [5.41, 5.74) is -0.801. The van der Waals surface area contributed by atoms with Crippen LogP contribution in [0.5, 0.6) is 5.75 Å². The zero-order valence-corrected chi connectivity index (χ0v) is 5.71. The molecule has 0 bridgehead atoms. The van der Waals surface area contributed by atoms with Gasteiger partial charge in [0.2, 0.25) is 5.82 Å². The Hall–Kier alpha value is -1.65. The molecule has 0 aromatic heterocycles. The minimum atomic E-state index is -1.58.